The van der Waals surface area contributed by atoms with Gasteiger partial charge in [0.2, 0.25) is 0 Å². The molecule has 3 N–H and O–H groups in total. The average Bonchev–Trinajstić information content (AvgIpc) is 2.24. The first-order valence-electron chi connectivity index (χ1n) is 5.82. The van der Waals surface area contributed by atoms with E-state index in [9.17, 15) is 9.59 Å². The molecule has 0 aliphatic carbocycles. The number of unbranched alkanes of at least 4 members (excludes halogenated alkanes) is 1. The first kappa shape index (κ1) is 15.7. The van der Waals surface area contributed by atoms with Crippen LogP contribution >= 0.6 is 0 Å². The Bertz CT molecular complexity index is 244. The van der Waals surface area contributed by atoms with Crippen LogP contribution in [0.5, 0.6) is 0 Å². The molecule has 0 saturated heterocycles. The van der Waals surface area contributed by atoms with Gasteiger partial charge in [-0.05, 0) is 26.2 Å². The maximum absolute atomic E-state index is 11.5. The summed E-state index contributed by atoms with van der Waals surface area (Å²) < 4.78 is 0. The molecule has 6 nitrogen and oxygen atoms in total. The summed E-state index contributed by atoms with van der Waals surface area (Å²) in [5.41, 5.74) is 0. The lowest BCUT2D eigenvalue weighted by molar-refractivity contribution is -0.137. The number of urea groups is 1. The zero-order valence-electron chi connectivity index (χ0n) is 10.5. The Labute approximate surface area is 102 Å². The third-order valence-corrected chi connectivity index (χ3v) is 2.32. The van der Waals surface area contributed by atoms with E-state index < -0.39 is 12.1 Å². The molecule has 0 heterocycles. The highest BCUT2D eigenvalue weighted by molar-refractivity contribution is 5.73. The quantitative estimate of drug-likeness (QED) is 0.549. The van der Waals surface area contributed by atoms with Gasteiger partial charge < -0.3 is 20.4 Å². The minimum absolute atomic E-state index is 0.133. The minimum atomic E-state index is -0.814. The maximum atomic E-state index is 11.5. The molecule has 0 aromatic heterocycles. The van der Waals surface area contributed by atoms with E-state index in [-0.39, 0.29) is 12.5 Å². The van der Waals surface area contributed by atoms with Crippen molar-refractivity contribution in [3.63, 3.8) is 0 Å². The number of aliphatic carboxylic acids is 1. The van der Waals surface area contributed by atoms with E-state index in [0.717, 1.165) is 0 Å². The van der Waals surface area contributed by atoms with E-state index >= 15 is 0 Å². The molecule has 0 radical (unpaired) electrons. The van der Waals surface area contributed by atoms with Gasteiger partial charge in [0.25, 0.3) is 0 Å². The summed E-state index contributed by atoms with van der Waals surface area (Å²) in [6, 6.07) is -0.194. The Kier molecular flexibility index (Phi) is 8.13. The van der Waals surface area contributed by atoms with Crippen molar-refractivity contribution in [1.82, 2.24) is 10.2 Å². The second-order valence-electron chi connectivity index (χ2n) is 4.14. The molecular weight excluding hydrogens is 224 g/mol. The van der Waals surface area contributed by atoms with Crippen molar-refractivity contribution in [2.75, 3.05) is 20.1 Å². The number of carboxylic acids is 1. The van der Waals surface area contributed by atoms with Gasteiger partial charge in [-0.2, -0.15) is 0 Å². The molecule has 1 atom stereocenters. The van der Waals surface area contributed by atoms with E-state index in [1.165, 1.54) is 4.90 Å². The van der Waals surface area contributed by atoms with Crippen LogP contribution in [0.3, 0.4) is 0 Å². The van der Waals surface area contributed by atoms with Crippen LogP contribution in [-0.2, 0) is 4.79 Å². The number of nitrogens with zero attached hydrogens (tertiary/aromatic N) is 1. The van der Waals surface area contributed by atoms with Gasteiger partial charge in [-0.3, -0.25) is 4.79 Å². The standard InChI is InChI=1S/C11H22N2O4/c1-9(14)6-8-13(2)11(17)12-7-4-3-5-10(15)16/h9,14H,3-8H2,1-2H3,(H,12,17)(H,15,16). The smallest absolute Gasteiger partial charge is 0.317 e. The number of aliphatic hydroxyl groups excluding tert-OH is 1. The van der Waals surface area contributed by atoms with Gasteiger partial charge in [-0.25, -0.2) is 4.79 Å². The summed E-state index contributed by atoms with van der Waals surface area (Å²) in [6.07, 6.45) is 1.48. The summed E-state index contributed by atoms with van der Waals surface area (Å²) in [6.45, 7) is 2.65. The van der Waals surface area contributed by atoms with Crippen LogP contribution in [0.1, 0.15) is 32.6 Å². The molecule has 17 heavy (non-hydrogen) atoms. The molecule has 6 heteroatoms. The number of hydrogen-bond donors (Lipinski definition) is 3. The second-order valence-corrected chi connectivity index (χ2v) is 4.14. The predicted octanol–water partition coefficient (Wildman–Crippen LogP) is 0.654. The molecule has 0 fully saturated rings. The first-order chi connectivity index (χ1) is 7.93. The Morgan fingerprint density at radius 2 is 2.00 bits per heavy atom. The number of carbonyl (C=O) groups is 2. The van der Waals surface area contributed by atoms with Crippen LogP contribution in [0.15, 0.2) is 0 Å². The monoisotopic (exact) mass is 246 g/mol. The topological polar surface area (TPSA) is 89.9 Å². The fourth-order valence-corrected chi connectivity index (χ4v) is 1.21. The van der Waals surface area contributed by atoms with Crippen molar-refractivity contribution >= 4 is 12.0 Å². The third-order valence-electron chi connectivity index (χ3n) is 2.32. The van der Waals surface area contributed by atoms with Gasteiger partial charge in [0.05, 0.1) is 6.10 Å². The summed E-state index contributed by atoms with van der Waals surface area (Å²) >= 11 is 0. The van der Waals surface area contributed by atoms with E-state index in [1.54, 1.807) is 14.0 Å². The third kappa shape index (κ3) is 9.62. The zero-order valence-corrected chi connectivity index (χ0v) is 10.5. The fourth-order valence-electron chi connectivity index (χ4n) is 1.21. The predicted molar refractivity (Wildman–Crippen MR) is 63.8 cm³/mol. The van der Waals surface area contributed by atoms with E-state index in [0.29, 0.717) is 32.4 Å². The number of amides is 2. The number of nitrogens with one attached hydrogen (secondary N) is 1. The van der Waals surface area contributed by atoms with Crippen LogP contribution in [0, 0.1) is 0 Å². The van der Waals surface area contributed by atoms with Gasteiger partial charge >= 0.3 is 12.0 Å². The van der Waals surface area contributed by atoms with Gasteiger partial charge in [0.15, 0.2) is 0 Å². The Balaban J connectivity index is 3.53. The summed E-state index contributed by atoms with van der Waals surface area (Å²) in [5, 5.41) is 20.2. The second kappa shape index (κ2) is 8.81. The van der Waals surface area contributed by atoms with Crippen molar-refractivity contribution in [3.05, 3.63) is 0 Å². The molecule has 0 bridgehead atoms. The van der Waals surface area contributed by atoms with Crippen molar-refractivity contribution < 1.29 is 19.8 Å². The summed E-state index contributed by atoms with van der Waals surface area (Å²) in [5.74, 6) is -0.814. The summed E-state index contributed by atoms with van der Waals surface area (Å²) in [7, 11) is 1.66. The molecule has 0 aliphatic rings. The van der Waals surface area contributed by atoms with Crippen LogP contribution in [0.4, 0.5) is 4.79 Å². The van der Waals surface area contributed by atoms with Gasteiger partial charge in [0.1, 0.15) is 0 Å². The van der Waals surface area contributed by atoms with Crippen LogP contribution in [-0.4, -0.2) is 53.4 Å². The van der Waals surface area contributed by atoms with Crippen molar-refractivity contribution in [2.45, 2.75) is 38.7 Å². The van der Waals surface area contributed by atoms with E-state index in [2.05, 4.69) is 5.32 Å². The fraction of sp³-hybridized carbons (Fsp3) is 0.818. The maximum Gasteiger partial charge on any atom is 0.317 e. The highest BCUT2D eigenvalue weighted by atomic mass is 16.4. The number of rotatable bonds is 8. The SMILES string of the molecule is CC(O)CCN(C)C(=O)NCCCCC(=O)O. The van der Waals surface area contributed by atoms with Crippen molar-refractivity contribution in [3.8, 4) is 0 Å². The first-order valence-corrected chi connectivity index (χ1v) is 5.82. The van der Waals surface area contributed by atoms with Crippen molar-refractivity contribution in [2.24, 2.45) is 0 Å². The number of aliphatic hydroxyl groups is 1. The number of hydrogen-bond acceptors (Lipinski definition) is 3. The highest BCUT2D eigenvalue weighted by Gasteiger charge is 2.08. The largest absolute Gasteiger partial charge is 0.481 e. The number of carbonyl (C=O) groups excluding carboxylic acids is 1. The molecule has 0 spiro atoms. The van der Waals surface area contributed by atoms with Crippen LogP contribution in [0.25, 0.3) is 0 Å². The van der Waals surface area contributed by atoms with Gasteiger partial charge in [-0.1, -0.05) is 0 Å². The Morgan fingerprint density at radius 3 is 2.53 bits per heavy atom. The van der Waals surface area contributed by atoms with Gasteiger partial charge in [-0.15, -0.1) is 0 Å². The average molecular weight is 246 g/mol. The molecule has 100 valence electrons. The van der Waals surface area contributed by atoms with Gasteiger partial charge in [0, 0.05) is 26.6 Å². The van der Waals surface area contributed by atoms with E-state index in [4.69, 9.17) is 10.2 Å². The molecular formula is C11H22N2O4. The molecule has 0 aromatic rings. The molecule has 1 unspecified atom stereocenters. The molecule has 0 aliphatic heterocycles. The number of carboxylic acid groups (broad SMARTS) is 1. The highest BCUT2D eigenvalue weighted by Crippen LogP contribution is 1.96. The molecule has 0 rings (SSSR count). The minimum Gasteiger partial charge on any atom is -0.481 e. The van der Waals surface area contributed by atoms with Crippen LogP contribution < -0.4 is 5.32 Å². The molecule has 0 saturated carbocycles. The van der Waals surface area contributed by atoms with Crippen LogP contribution in [0.2, 0.25) is 0 Å². The lowest BCUT2D eigenvalue weighted by Crippen LogP contribution is -2.38. The zero-order chi connectivity index (χ0) is 13.3. The lowest BCUT2D eigenvalue weighted by atomic mass is 10.2. The summed E-state index contributed by atoms with van der Waals surface area (Å²) in [4.78, 5) is 23.2. The van der Waals surface area contributed by atoms with Crippen molar-refractivity contribution in [1.29, 1.82) is 0 Å². The Hall–Kier alpha value is -1.30. The Morgan fingerprint density at radius 1 is 1.35 bits per heavy atom. The molecule has 0 aromatic carbocycles. The molecule has 2 amide bonds. The van der Waals surface area contributed by atoms with E-state index in [1.807, 2.05) is 0 Å². The normalized spacial score (nSPS) is 11.9. The lowest BCUT2D eigenvalue weighted by Gasteiger charge is -2.18.